The highest BCUT2D eigenvalue weighted by Gasteiger charge is 2.31. The number of fused-ring (bicyclic) bond motifs is 1. The van der Waals surface area contributed by atoms with Crippen molar-refractivity contribution in [1.82, 2.24) is 14.3 Å². The zero-order chi connectivity index (χ0) is 22.3. The first kappa shape index (κ1) is 20.8. The monoisotopic (exact) mass is 470 g/mol. The van der Waals surface area contributed by atoms with E-state index >= 15 is 0 Å². The Labute approximate surface area is 188 Å². The van der Waals surface area contributed by atoms with Crippen LogP contribution in [0.2, 0.25) is 0 Å². The lowest BCUT2D eigenvalue weighted by molar-refractivity contribution is 0.102. The predicted octanol–water partition coefficient (Wildman–Crippen LogP) is 4.47. The molecule has 2 aromatic heterocycles. The Morgan fingerprint density at radius 2 is 1.94 bits per heavy atom. The summed E-state index contributed by atoms with van der Waals surface area (Å²) in [7, 11) is -3.69. The standard InChI is InChI=1S/C22H19FN4O3S2/c23-15-5-3-4-14(12-15)21-25-17-7-6-16(13-18(17)26-21)24-22(28)20-19(8-11-31-20)32(29,30)27-9-1-2-10-27/h3-8,11-13H,1-2,9-10H2,(H,24,28)(H,25,26). The van der Waals surface area contributed by atoms with E-state index in [1.807, 2.05) is 0 Å². The number of rotatable bonds is 5. The Morgan fingerprint density at radius 3 is 2.72 bits per heavy atom. The van der Waals surface area contributed by atoms with Gasteiger partial charge in [0.15, 0.2) is 0 Å². The second kappa shape index (κ2) is 8.12. The molecule has 1 aliphatic rings. The molecule has 0 atom stereocenters. The van der Waals surface area contributed by atoms with Gasteiger partial charge in [-0.25, -0.2) is 17.8 Å². The molecule has 10 heteroatoms. The molecule has 0 bridgehead atoms. The molecule has 0 aliphatic carbocycles. The fourth-order valence-corrected chi connectivity index (χ4v) is 6.59. The predicted molar refractivity (Wildman–Crippen MR) is 122 cm³/mol. The SMILES string of the molecule is O=C(Nc1ccc2nc(-c3cccc(F)c3)[nH]c2c1)c1sccc1S(=O)(=O)N1CCCC1. The van der Waals surface area contributed by atoms with Gasteiger partial charge < -0.3 is 10.3 Å². The van der Waals surface area contributed by atoms with Gasteiger partial charge in [-0.05, 0) is 54.6 Å². The van der Waals surface area contributed by atoms with Crippen LogP contribution >= 0.6 is 11.3 Å². The zero-order valence-corrected chi connectivity index (χ0v) is 18.5. The Bertz CT molecular complexity index is 1420. The molecule has 0 saturated carbocycles. The number of thiophene rings is 1. The van der Waals surface area contributed by atoms with E-state index in [1.54, 1.807) is 35.7 Å². The fourth-order valence-electron chi connectivity index (χ4n) is 3.78. The maximum atomic E-state index is 13.5. The smallest absolute Gasteiger partial charge is 0.267 e. The van der Waals surface area contributed by atoms with Crippen molar-refractivity contribution in [3.05, 3.63) is 64.6 Å². The lowest BCUT2D eigenvalue weighted by atomic mass is 10.2. The van der Waals surface area contributed by atoms with Crippen molar-refractivity contribution in [3.8, 4) is 11.4 Å². The number of sulfonamides is 1. The molecule has 5 rings (SSSR count). The highest BCUT2D eigenvalue weighted by atomic mass is 32.2. The number of H-pyrrole nitrogens is 1. The van der Waals surface area contributed by atoms with Gasteiger partial charge in [-0.3, -0.25) is 4.79 Å². The van der Waals surface area contributed by atoms with Crippen LogP contribution in [0.1, 0.15) is 22.5 Å². The van der Waals surface area contributed by atoms with Gasteiger partial charge in [0, 0.05) is 24.3 Å². The normalized spacial score (nSPS) is 14.8. The number of anilines is 1. The van der Waals surface area contributed by atoms with E-state index in [9.17, 15) is 17.6 Å². The van der Waals surface area contributed by atoms with E-state index in [1.165, 1.54) is 22.5 Å². The van der Waals surface area contributed by atoms with E-state index < -0.39 is 15.9 Å². The summed E-state index contributed by atoms with van der Waals surface area (Å²) in [5.74, 6) is -0.325. The molecule has 4 aromatic rings. The van der Waals surface area contributed by atoms with E-state index in [0.29, 0.717) is 41.2 Å². The minimum atomic E-state index is -3.69. The molecule has 1 fully saturated rings. The Morgan fingerprint density at radius 1 is 1.12 bits per heavy atom. The molecule has 2 aromatic carbocycles. The fraction of sp³-hybridized carbons (Fsp3) is 0.182. The molecule has 2 N–H and O–H groups in total. The number of aromatic amines is 1. The molecule has 3 heterocycles. The van der Waals surface area contributed by atoms with Crippen LogP contribution in [-0.4, -0.2) is 41.7 Å². The Balaban J connectivity index is 1.41. The second-order valence-electron chi connectivity index (χ2n) is 7.51. The molecule has 1 aliphatic heterocycles. The summed E-state index contributed by atoms with van der Waals surface area (Å²) >= 11 is 1.10. The van der Waals surface area contributed by atoms with Crippen molar-refractivity contribution in [1.29, 1.82) is 0 Å². The first-order chi connectivity index (χ1) is 15.4. The number of nitrogens with zero attached hydrogens (tertiary/aromatic N) is 2. The molecule has 1 saturated heterocycles. The molecule has 0 radical (unpaired) electrons. The van der Waals surface area contributed by atoms with Crippen molar-refractivity contribution in [2.24, 2.45) is 0 Å². The van der Waals surface area contributed by atoms with Crippen LogP contribution in [0, 0.1) is 5.82 Å². The molecular formula is C22H19FN4O3S2. The highest BCUT2D eigenvalue weighted by molar-refractivity contribution is 7.89. The number of imidazole rings is 1. The lowest BCUT2D eigenvalue weighted by Gasteiger charge is -2.15. The van der Waals surface area contributed by atoms with E-state index in [-0.39, 0.29) is 15.6 Å². The quantitative estimate of drug-likeness (QED) is 0.450. The summed E-state index contributed by atoms with van der Waals surface area (Å²) < 4.78 is 40.8. The number of halogens is 1. The third kappa shape index (κ3) is 3.81. The lowest BCUT2D eigenvalue weighted by Crippen LogP contribution is -2.29. The third-order valence-electron chi connectivity index (χ3n) is 5.36. The van der Waals surface area contributed by atoms with Gasteiger partial charge in [0.05, 0.1) is 11.0 Å². The number of amides is 1. The largest absolute Gasteiger partial charge is 0.338 e. The van der Waals surface area contributed by atoms with Crippen molar-refractivity contribution >= 4 is 44.0 Å². The van der Waals surface area contributed by atoms with Gasteiger partial charge in [-0.1, -0.05) is 12.1 Å². The van der Waals surface area contributed by atoms with Crippen molar-refractivity contribution in [2.45, 2.75) is 17.7 Å². The van der Waals surface area contributed by atoms with Crippen LogP contribution in [0.25, 0.3) is 22.4 Å². The highest BCUT2D eigenvalue weighted by Crippen LogP contribution is 2.29. The zero-order valence-electron chi connectivity index (χ0n) is 16.8. The van der Waals surface area contributed by atoms with Crippen molar-refractivity contribution in [3.63, 3.8) is 0 Å². The van der Waals surface area contributed by atoms with Crippen molar-refractivity contribution in [2.75, 3.05) is 18.4 Å². The minimum Gasteiger partial charge on any atom is -0.338 e. The minimum absolute atomic E-state index is 0.0397. The molecule has 0 spiro atoms. The summed E-state index contributed by atoms with van der Waals surface area (Å²) in [4.78, 5) is 20.7. The molecule has 164 valence electrons. The molecule has 7 nitrogen and oxygen atoms in total. The maximum Gasteiger partial charge on any atom is 0.267 e. The number of carbonyl (C=O) groups excluding carboxylic acids is 1. The number of aromatic nitrogens is 2. The summed E-state index contributed by atoms with van der Waals surface area (Å²) in [6, 6.07) is 12.7. The van der Waals surface area contributed by atoms with Crippen LogP contribution in [0.4, 0.5) is 10.1 Å². The summed E-state index contributed by atoms with van der Waals surface area (Å²) in [5, 5.41) is 4.39. The van der Waals surface area contributed by atoms with Crippen LogP contribution in [-0.2, 0) is 10.0 Å². The number of hydrogen-bond acceptors (Lipinski definition) is 5. The van der Waals surface area contributed by atoms with Gasteiger partial charge in [0.1, 0.15) is 21.4 Å². The van der Waals surface area contributed by atoms with Gasteiger partial charge in [0.25, 0.3) is 5.91 Å². The van der Waals surface area contributed by atoms with Gasteiger partial charge in [-0.15, -0.1) is 11.3 Å². The average molecular weight is 471 g/mol. The number of nitrogens with one attached hydrogen (secondary N) is 2. The molecule has 1 amide bonds. The van der Waals surface area contributed by atoms with E-state index in [4.69, 9.17) is 0 Å². The van der Waals surface area contributed by atoms with Gasteiger partial charge in [0.2, 0.25) is 10.0 Å². The second-order valence-corrected chi connectivity index (χ2v) is 10.3. The summed E-state index contributed by atoms with van der Waals surface area (Å²) in [6.07, 6.45) is 1.65. The molecular weight excluding hydrogens is 451 g/mol. The summed E-state index contributed by atoms with van der Waals surface area (Å²) in [5.41, 5.74) is 2.44. The topological polar surface area (TPSA) is 95.2 Å². The number of benzene rings is 2. The van der Waals surface area contributed by atoms with Crippen LogP contribution in [0.5, 0.6) is 0 Å². The van der Waals surface area contributed by atoms with Gasteiger partial charge in [-0.2, -0.15) is 4.31 Å². The van der Waals surface area contributed by atoms with Crippen LogP contribution in [0.15, 0.2) is 58.8 Å². The maximum absolute atomic E-state index is 13.5. The van der Waals surface area contributed by atoms with Crippen LogP contribution in [0.3, 0.4) is 0 Å². The Hall–Kier alpha value is -3.08. The van der Waals surface area contributed by atoms with Crippen LogP contribution < -0.4 is 5.32 Å². The Kier molecular flexibility index (Phi) is 5.28. The van der Waals surface area contributed by atoms with Gasteiger partial charge >= 0.3 is 0 Å². The number of hydrogen-bond donors (Lipinski definition) is 2. The first-order valence-electron chi connectivity index (χ1n) is 10.1. The average Bonchev–Trinajstić information content (AvgIpc) is 3.54. The molecule has 32 heavy (non-hydrogen) atoms. The van der Waals surface area contributed by atoms with Crippen molar-refractivity contribution < 1.29 is 17.6 Å². The van der Waals surface area contributed by atoms with E-state index in [2.05, 4.69) is 15.3 Å². The summed E-state index contributed by atoms with van der Waals surface area (Å²) in [6.45, 7) is 0.951. The third-order valence-corrected chi connectivity index (χ3v) is 8.34. The van der Waals surface area contributed by atoms with E-state index in [0.717, 1.165) is 24.2 Å². The number of carbonyl (C=O) groups is 1. The molecule has 0 unspecified atom stereocenters. The first-order valence-corrected chi connectivity index (χ1v) is 12.4.